The summed E-state index contributed by atoms with van der Waals surface area (Å²) in [6.07, 6.45) is 4.14. The van der Waals surface area contributed by atoms with E-state index >= 15 is 0 Å². The average Bonchev–Trinajstić information content (AvgIpc) is 2.82. The molecule has 0 fully saturated rings. The first-order chi connectivity index (χ1) is 8.60. The first-order valence-electron chi connectivity index (χ1n) is 6.20. The largest absolute Gasteiger partial charge is 0.480 e. The third kappa shape index (κ3) is 3.61. The van der Waals surface area contributed by atoms with E-state index in [2.05, 4.69) is 5.32 Å². The Bertz CT molecular complexity index is 411. The zero-order valence-corrected chi connectivity index (χ0v) is 10.7. The highest BCUT2D eigenvalue weighted by Crippen LogP contribution is 2.12. The van der Waals surface area contributed by atoms with Crippen LogP contribution in [0.1, 0.15) is 49.2 Å². The van der Waals surface area contributed by atoms with Gasteiger partial charge in [0.2, 0.25) is 0 Å². The number of carboxylic acids is 1. The summed E-state index contributed by atoms with van der Waals surface area (Å²) in [5.74, 6) is -0.811. The molecule has 2 N–H and O–H groups in total. The van der Waals surface area contributed by atoms with Crippen LogP contribution in [0.3, 0.4) is 0 Å². The van der Waals surface area contributed by atoms with Gasteiger partial charge in [0.05, 0.1) is 11.8 Å². The van der Waals surface area contributed by atoms with Crippen LogP contribution in [-0.2, 0) is 11.2 Å². The van der Waals surface area contributed by atoms with Crippen LogP contribution >= 0.6 is 0 Å². The van der Waals surface area contributed by atoms with Crippen LogP contribution in [0, 0.1) is 0 Å². The fraction of sp³-hybridized carbons (Fsp3) is 0.538. The second kappa shape index (κ2) is 6.83. The Balaban J connectivity index is 2.69. The Morgan fingerprint density at radius 3 is 2.72 bits per heavy atom. The van der Waals surface area contributed by atoms with E-state index in [-0.39, 0.29) is 5.91 Å². The number of carbonyl (C=O) groups is 2. The predicted molar refractivity (Wildman–Crippen MR) is 66.5 cm³/mol. The van der Waals surface area contributed by atoms with E-state index in [0.717, 1.165) is 12.8 Å². The number of unbranched alkanes of at least 4 members (excludes halogenated alkanes) is 1. The van der Waals surface area contributed by atoms with Gasteiger partial charge in [-0.1, -0.05) is 26.7 Å². The number of nitrogens with one attached hydrogen (secondary N) is 1. The lowest BCUT2D eigenvalue weighted by Gasteiger charge is -2.13. The van der Waals surface area contributed by atoms with Gasteiger partial charge in [0.25, 0.3) is 5.91 Å². The first kappa shape index (κ1) is 14.3. The van der Waals surface area contributed by atoms with Crippen molar-refractivity contribution in [1.82, 2.24) is 5.32 Å². The van der Waals surface area contributed by atoms with Crippen LogP contribution in [0.4, 0.5) is 0 Å². The molecule has 1 heterocycles. The summed E-state index contributed by atoms with van der Waals surface area (Å²) < 4.78 is 5.15. The van der Waals surface area contributed by atoms with Gasteiger partial charge in [-0.05, 0) is 12.5 Å². The number of aryl methyl sites for hydroxylation is 1. The predicted octanol–water partition coefficient (Wildman–Crippen LogP) is 2.22. The standard InChI is InChI=1S/C13H19NO4/c1-3-5-6-10(13(16)17)14-12(15)9-7-8-18-11(9)4-2/h7-8,10H,3-6H2,1-2H3,(H,14,15)(H,16,17)/t10-/m0/s1. The summed E-state index contributed by atoms with van der Waals surface area (Å²) in [5.41, 5.74) is 0.417. The third-order valence-electron chi connectivity index (χ3n) is 2.76. The van der Waals surface area contributed by atoms with Crippen molar-refractivity contribution in [1.29, 1.82) is 0 Å². The van der Waals surface area contributed by atoms with E-state index in [1.165, 1.54) is 6.26 Å². The third-order valence-corrected chi connectivity index (χ3v) is 2.76. The molecule has 1 amide bonds. The Labute approximate surface area is 106 Å². The summed E-state index contributed by atoms with van der Waals surface area (Å²) in [4.78, 5) is 23.0. The molecule has 0 unspecified atom stereocenters. The van der Waals surface area contributed by atoms with Gasteiger partial charge in [-0.3, -0.25) is 4.79 Å². The average molecular weight is 253 g/mol. The molecular weight excluding hydrogens is 234 g/mol. The van der Waals surface area contributed by atoms with Crippen LogP contribution in [-0.4, -0.2) is 23.0 Å². The molecule has 0 bridgehead atoms. The Kier molecular flexibility index (Phi) is 5.42. The number of hydrogen-bond acceptors (Lipinski definition) is 3. The smallest absolute Gasteiger partial charge is 0.326 e. The quantitative estimate of drug-likeness (QED) is 0.780. The van der Waals surface area contributed by atoms with Crippen LogP contribution < -0.4 is 5.32 Å². The number of hydrogen-bond donors (Lipinski definition) is 2. The van der Waals surface area contributed by atoms with Crippen LogP contribution in [0.25, 0.3) is 0 Å². The van der Waals surface area contributed by atoms with Crippen molar-refractivity contribution >= 4 is 11.9 Å². The molecule has 0 aliphatic heterocycles. The molecule has 18 heavy (non-hydrogen) atoms. The molecule has 0 saturated carbocycles. The topological polar surface area (TPSA) is 79.5 Å². The highest BCUT2D eigenvalue weighted by Gasteiger charge is 2.22. The van der Waals surface area contributed by atoms with Crippen molar-refractivity contribution in [2.75, 3.05) is 0 Å². The second-order valence-electron chi connectivity index (χ2n) is 4.12. The molecule has 1 aromatic rings. The monoisotopic (exact) mass is 253 g/mol. The van der Waals surface area contributed by atoms with Gasteiger partial charge < -0.3 is 14.8 Å². The Morgan fingerprint density at radius 2 is 2.17 bits per heavy atom. The number of carboxylic acid groups (broad SMARTS) is 1. The Hall–Kier alpha value is -1.78. The van der Waals surface area contributed by atoms with E-state index in [1.54, 1.807) is 6.07 Å². The molecule has 5 heteroatoms. The number of rotatable bonds is 7. The van der Waals surface area contributed by atoms with Crippen molar-refractivity contribution in [3.05, 3.63) is 23.7 Å². The minimum absolute atomic E-state index is 0.385. The molecule has 5 nitrogen and oxygen atoms in total. The van der Waals surface area contributed by atoms with Gasteiger partial charge in [-0.15, -0.1) is 0 Å². The second-order valence-corrected chi connectivity index (χ2v) is 4.12. The maximum absolute atomic E-state index is 11.9. The van der Waals surface area contributed by atoms with Gasteiger partial charge in [0.1, 0.15) is 11.8 Å². The van der Waals surface area contributed by atoms with E-state index in [0.29, 0.717) is 24.2 Å². The van der Waals surface area contributed by atoms with Gasteiger partial charge in [-0.25, -0.2) is 4.79 Å². The lowest BCUT2D eigenvalue weighted by Crippen LogP contribution is -2.40. The molecule has 0 radical (unpaired) electrons. The molecule has 1 aromatic heterocycles. The first-order valence-corrected chi connectivity index (χ1v) is 6.20. The zero-order chi connectivity index (χ0) is 13.5. The fourth-order valence-electron chi connectivity index (χ4n) is 1.72. The van der Waals surface area contributed by atoms with Crippen molar-refractivity contribution in [3.8, 4) is 0 Å². The minimum atomic E-state index is -1.00. The van der Waals surface area contributed by atoms with Crippen LogP contribution in [0.15, 0.2) is 16.7 Å². The fourth-order valence-corrected chi connectivity index (χ4v) is 1.72. The Morgan fingerprint density at radius 1 is 1.44 bits per heavy atom. The van der Waals surface area contributed by atoms with E-state index < -0.39 is 12.0 Å². The van der Waals surface area contributed by atoms with Gasteiger partial charge in [-0.2, -0.15) is 0 Å². The van der Waals surface area contributed by atoms with Gasteiger partial charge in [0.15, 0.2) is 0 Å². The molecular formula is C13H19NO4. The normalized spacial score (nSPS) is 12.1. The molecule has 100 valence electrons. The summed E-state index contributed by atoms with van der Waals surface area (Å²) in [7, 11) is 0. The molecule has 0 spiro atoms. The number of carbonyl (C=O) groups excluding carboxylic acids is 1. The van der Waals surface area contributed by atoms with Crippen molar-refractivity contribution in [2.45, 2.75) is 45.6 Å². The minimum Gasteiger partial charge on any atom is -0.480 e. The molecule has 1 atom stereocenters. The number of amides is 1. The maximum Gasteiger partial charge on any atom is 0.326 e. The lowest BCUT2D eigenvalue weighted by molar-refractivity contribution is -0.139. The van der Waals surface area contributed by atoms with Crippen molar-refractivity contribution in [2.24, 2.45) is 0 Å². The van der Waals surface area contributed by atoms with Crippen molar-refractivity contribution in [3.63, 3.8) is 0 Å². The summed E-state index contributed by atoms with van der Waals surface area (Å²) in [5, 5.41) is 11.6. The molecule has 0 aliphatic carbocycles. The SMILES string of the molecule is CCCC[C@H](NC(=O)c1ccoc1CC)C(=O)O. The van der Waals surface area contributed by atoms with E-state index in [4.69, 9.17) is 9.52 Å². The summed E-state index contributed by atoms with van der Waals surface area (Å²) in [6.45, 7) is 3.85. The lowest BCUT2D eigenvalue weighted by atomic mass is 10.1. The molecule has 0 aliphatic rings. The highest BCUT2D eigenvalue weighted by molar-refractivity contribution is 5.97. The van der Waals surface area contributed by atoms with Gasteiger partial charge in [0, 0.05) is 6.42 Å². The number of aliphatic carboxylic acids is 1. The molecule has 1 rings (SSSR count). The van der Waals surface area contributed by atoms with Crippen molar-refractivity contribution < 1.29 is 19.1 Å². The molecule has 0 saturated heterocycles. The summed E-state index contributed by atoms with van der Waals surface area (Å²) >= 11 is 0. The maximum atomic E-state index is 11.9. The van der Waals surface area contributed by atoms with Crippen LogP contribution in [0.2, 0.25) is 0 Å². The highest BCUT2D eigenvalue weighted by atomic mass is 16.4. The number of furan rings is 1. The summed E-state index contributed by atoms with van der Waals surface area (Å²) in [6, 6.07) is 0.726. The van der Waals surface area contributed by atoms with Gasteiger partial charge >= 0.3 is 5.97 Å². The molecule has 0 aromatic carbocycles. The van der Waals surface area contributed by atoms with E-state index in [1.807, 2.05) is 13.8 Å². The zero-order valence-electron chi connectivity index (χ0n) is 10.7. The van der Waals surface area contributed by atoms with E-state index in [9.17, 15) is 9.59 Å². The van der Waals surface area contributed by atoms with Crippen LogP contribution in [0.5, 0.6) is 0 Å².